The Labute approximate surface area is 283 Å². The number of benzene rings is 3. The number of aromatic nitrogens is 3. The number of ether oxygens (including phenoxy) is 4. The van der Waals surface area contributed by atoms with Crippen molar-refractivity contribution in [2.45, 2.75) is 30.5 Å². The minimum atomic E-state index is -3.22. The van der Waals surface area contributed by atoms with Crippen LogP contribution in [0.4, 0.5) is 5.82 Å². The molecule has 1 unspecified atom stereocenters. The molecule has 2 aromatic heterocycles. The van der Waals surface area contributed by atoms with Crippen molar-refractivity contribution in [3.63, 3.8) is 0 Å². The fraction of sp³-hybridized carbons (Fsp3) is 0.286. The third-order valence-electron chi connectivity index (χ3n) is 8.34. The Morgan fingerprint density at radius 1 is 1.02 bits per heavy atom. The molecule has 1 saturated heterocycles. The number of rotatable bonds is 13. The first-order chi connectivity index (χ1) is 23.7. The van der Waals surface area contributed by atoms with E-state index in [1.807, 2.05) is 93.0 Å². The van der Waals surface area contributed by atoms with Gasteiger partial charge in [-0.15, -0.1) is 4.52 Å². The van der Waals surface area contributed by atoms with Crippen LogP contribution in [0.1, 0.15) is 29.3 Å². The lowest BCUT2D eigenvalue weighted by molar-refractivity contribution is -0.192. The average molecular weight is 686 g/mol. The summed E-state index contributed by atoms with van der Waals surface area (Å²) in [6, 6.07) is 26.6. The van der Waals surface area contributed by atoms with Gasteiger partial charge in [0, 0.05) is 26.6 Å². The molecule has 1 aliphatic heterocycles. The zero-order chi connectivity index (χ0) is 34.5. The Hall–Kier alpha value is -4.91. The van der Waals surface area contributed by atoms with Crippen molar-refractivity contribution in [3.05, 3.63) is 118 Å². The Balaban J connectivity index is 1.39. The number of aromatic amines is 1. The smallest absolute Gasteiger partial charge is 0.488 e. The highest BCUT2D eigenvalue weighted by Gasteiger charge is 2.45. The number of H-pyrrole nitrogens is 1. The van der Waals surface area contributed by atoms with Crippen LogP contribution >= 0.6 is 8.25 Å². The number of nitrogens with one attached hydrogen (secondary N) is 1. The van der Waals surface area contributed by atoms with Gasteiger partial charge >= 0.3 is 8.25 Å². The Bertz CT molecular complexity index is 1930. The van der Waals surface area contributed by atoms with Crippen molar-refractivity contribution in [2.75, 3.05) is 34.9 Å². The minimum absolute atomic E-state index is 0.0666. The van der Waals surface area contributed by atoms with Crippen molar-refractivity contribution >= 4 is 31.4 Å². The second kappa shape index (κ2) is 14.7. The monoisotopic (exact) mass is 685 g/mol. The molecule has 3 aromatic carbocycles. The van der Waals surface area contributed by atoms with Crippen LogP contribution in [0.2, 0.25) is 0 Å². The van der Waals surface area contributed by atoms with Crippen LogP contribution in [-0.2, 0) is 24.2 Å². The van der Waals surface area contributed by atoms with Crippen LogP contribution in [0.3, 0.4) is 0 Å². The number of pyridine rings is 1. The summed E-state index contributed by atoms with van der Waals surface area (Å²) in [5, 5.41) is 0. The lowest BCUT2D eigenvalue weighted by Crippen LogP contribution is -2.38. The van der Waals surface area contributed by atoms with E-state index in [1.54, 1.807) is 36.1 Å². The molecule has 1 N–H and O–H groups in total. The van der Waals surface area contributed by atoms with Gasteiger partial charge in [-0.3, -0.25) is 4.79 Å². The van der Waals surface area contributed by atoms with Crippen molar-refractivity contribution in [1.29, 1.82) is 0 Å². The highest BCUT2D eigenvalue weighted by Crippen LogP contribution is 2.43. The van der Waals surface area contributed by atoms with Gasteiger partial charge in [0.1, 0.15) is 41.4 Å². The molecule has 3 heterocycles. The molecule has 0 aliphatic carbocycles. The quantitative estimate of drug-likeness (QED) is 0.0802. The van der Waals surface area contributed by atoms with Gasteiger partial charge in [-0.25, -0.2) is 9.98 Å². The van der Waals surface area contributed by atoms with Crippen LogP contribution < -0.4 is 19.9 Å². The molecular weight excluding hydrogens is 649 g/mol. The van der Waals surface area contributed by atoms with Crippen molar-refractivity contribution in [1.82, 2.24) is 19.4 Å². The maximum Gasteiger partial charge on any atom is 0.488 e. The molecule has 5 aromatic rings. The van der Waals surface area contributed by atoms with Crippen LogP contribution in [0.5, 0.6) is 11.5 Å². The molecule has 0 saturated carbocycles. The first-order valence-corrected chi connectivity index (χ1v) is 16.6. The first-order valence-electron chi connectivity index (χ1n) is 15.5. The van der Waals surface area contributed by atoms with Gasteiger partial charge in [-0.2, -0.15) is 0 Å². The van der Waals surface area contributed by atoms with Crippen molar-refractivity contribution in [3.8, 4) is 11.5 Å². The summed E-state index contributed by atoms with van der Waals surface area (Å²) in [5.74, 6) is 1.68. The van der Waals surface area contributed by atoms with Gasteiger partial charge in [0.2, 0.25) is 0 Å². The number of hydrogen-bond acceptors (Lipinski definition) is 10. The number of nitrogens with zero attached hydrogens (tertiary/aromatic N) is 4. The number of methoxy groups -OCH3 is 2. The van der Waals surface area contributed by atoms with Crippen molar-refractivity contribution < 1.29 is 32.9 Å². The molecule has 0 amide bonds. The van der Waals surface area contributed by atoms with Crippen LogP contribution in [0.25, 0.3) is 11.0 Å². The van der Waals surface area contributed by atoms with Gasteiger partial charge in [0.25, 0.3) is 5.56 Å². The summed E-state index contributed by atoms with van der Waals surface area (Å²) < 4.78 is 43.4. The van der Waals surface area contributed by atoms with Gasteiger partial charge in [0.15, 0.2) is 5.52 Å². The summed E-state index contributed by atoms with van der Waals surface area (Å²) in [4.78, 5) is 37.8. The Kier molecular flexibility index (Phi) is 10.2. The minimum Gasteiger partial charge on any atom is -0.566 e. The number of hydrogen-bond donors (Lipinski definition) is 1. The SMILES string of the molecule is COc1ccc(C(OC[C@H]2O[C@@H](n3cnc4c(=O)[nH]c(N=CN(C)C)cc43)C[C@@H]2O[P+](=O)[O-])(c2ccccc2)c2ccc(OC)cc2)cc1. The summed E-state index contributed by atoms with van der Waals surface area (Å²) in [7, 11) is 3.62. The number of aliphatic imine (C=N–C) groups is 1. The molecular formula is C35H36N5O8P. The molecule has 254 valence electrons. The zero-order valence-electron chi connectivity index (χ0n) is 27.4. The fourth-order valence-corrected chi connectivity index (χ4v) is 6.47. The van der Waals surface area contributed by atoms with Gasteiger partial charge < -0.3 is 38.3 Å². The predicted molar refractivity (Wildman–Crippen MR) is 181 cm³/mol. The van der Waals surface area contributed by atoms with E-state index in [1.165, 1.54) is 6.33 Å². The lowest BCUT2D eigenvalue weighted by atomic mass is 9.80. The molecule has 6 rings (SSSR count). The molecule has 13 nitrogen and oxygen atoms in total. The normalized spacial score (nSPS) is 18.2. The van der Waals surface area contributed by atoms with Gasteiger partial charge in [-0.1, -0.05) is 54.6 Å². The Morgan fingerprint density at radius 2 is 1.63 bits per heavy atom. The van der Waals surface area contributed by atoms with E-state index in [2.05, 4.69) is 15.0 Å². The fourth-order valence-electron chi connectivity index (χ4n) is 6.03. The zero-order valence-corrected chi connectivity index (χ0v) is 28.3. The van der Waals surface area contributed by atoms with Crippen LogP contribution in [0.15, 0.2) is 101 Å². The second-order valence-electron chi connectivity index (χ2n) is 11.6. The standard InChI is InChI=1S/C35H36N5O8P/c1-39(2)21-36-31-18-28-33(34(41)38-31)37-22-40(28)32-19-29(48-49(42)43)30(47-32)20-46-35(23-8-6-5-7-9-23,24-10-14-26(44-3)15-11-24)25-12-16-27(45-4)17-13-25/h5-18,21-22,29-30,32H,19-20H2,1-4H3,(H,38,41)/t29-,30+,32+/m0/s1. The molecule has 1 aliphatic rings. The van der Waals surface area contributed by atoms with Gasteiger partial charge in [-0.05, 0) is 45.5 Å². The third-order valence-corrected chi connectivity index (χ3v) is 8.78. The van der Waals surface area contributed by atoms with E-state index in [0.29, 0.717) is 22.8 Å². The molecule has 14 heteroatoms. The first kappa shape index (κ1) is 34.0. The lowest BCUT2D eigenvalue weighted by Gasteiger charge is -2.37. The highest BCUT2D eigenvalue weighted by atomic mass is 31.1. The molecule has 0 spiro atoms. The maximum atomic E-state index is 12.8. The Morgan fingerprint density at radius 3 is 2.20 bits per heavy atom. The van der Waals surface area contributed by atoms with Crippen LogP contribution in [-0.4, -0.2) is 72.9 Å². The molecule has 0 bridgehead atoms. The van der Waals surface area contributed by atoms with E-state index in [-0.39, 0.29) is 18.5 Å². The van der Waals surface area contributed by atoms with E-state index >= 15 is 0 Å². The molecule has 1 fully saturated rings. The number of imidazole rings is 1. The average Bonchev–Trinajstić information content (AvgIpc) is 3.72. The van der Waals surface area contributed by atoms with Gasteiger partial charge in [0.05, 0.1) is 39.0 Å². The van der Waals surface area contributed by atoms with Crippen LogP contribution in [0, 0.1) is 0 Å². The van der Waals surface area contributed by atoms with E-state index in [4.69, 9.17) is 23.5 Å². The number of fused-ring (bicyclic) bond motifs is 1. The summed E-state index contributed by atoms with van der Waals surface area (Å²) in [6.45, 7) is -0.0666. The third kappa shape index (κ3) is 7.12. The maximum absolute atomic E-state index is 12.8. The molecule has 0 radical (unpaired) electrons. The van der Waals surface area contributed by atoms with Crippen molar-refractivity contribution in [2.24, 2.45) is 4.99 Å². The highest BCUT2D eigenvalue weighted by molar-refractivity contribution is 7.30. The van der Waals surface area contributed by atoms with E-state index < -0.39 is 37.9 Å². The summed E-state index contributed by atoms with van der Waals surface area (Å²) in [5.41, 5.74) is 1.53. The summed E-state index contributed by atoms with van der Waals surface area (Å²) in [6.07, 6.45) is 0.760. The summed E-state index contributed by atoms with van der Waals surface area (Å²) >= 11 is 0. The second-order valence-corrected chi connectivity index (χ2v) is 12.3. The largest absolute Gasteiger partial charge is 0.566 e. The predicted octanol–water partition coefficient (Wildman–Crippen LogP) is 4.66. The topological polar surface area (TPSA) is 153 Å². The molecule has 4 atom stereocenters. The molecule has 49 heavy (non-hydrogen) atoms. The van der Waals surface area contributed by atoms with E-state index in [9.17, 15) is 14.3 Å². The van der Waals surface area contributed by atoms with E-state index in [0.717, 1.165) is 16.7 Å².